The third-order valence-electron chi connectivity index (χ3n) is 7.50. The van der Waals surface area contributed by atoms with Gasteiger partial charge in [0, 0.05) is 55.9 Å². The van der Waals surface area contributed by atoms with Gasteiger partial charge in [0.1, 0.15) is 0 Å². The van der Waals surface area contributed by atoms with Crippen LogP contribution in [0.25, 0.3) is 0 Å². The van der Waals surface area contributed by atoms with Gasteiger partial charge in [-0.2, -0.15) is 13.2 Å². The first-order valence-electron chi connectivity index (χ1n) is 12.5. The number of nitrogens with zero attached hydrogens (tertiary/aromatic N) is 4. The number of alkyl halides is 3. The van der Waals surface area contributed by atoms with Gasteiger partial charge in [-0.1, -0.05) is 29.8 Å². The van der Waals surface area contributed by atoms with E-state index in [-0.39, 0.29) is 11.3 Å². The van der Waals surface area contributed by atoms with Crippen molar-refractivity contribution in [1.82, 2.24) is 19.4 Å². The van der Waals surface area contributed by atoms with Crippen LogP contribution in [0, 0.1) is 11.3 Å². The van der Waals surface area contributed by atoms with Crippen LogP contribution in [0.1, 0.15) is 56.3 Å². The van der Waals surface area contributed by atoms with Crippen LogP contribution in [0.2, 0.25) is 5.02 Å². The maximum atomic E-state index is 13.7. The maximum Gasteiger partial charge on any atom is 0.490 e. The number of carboxylic acids is 1. The van der Waals surface area contributed by atoms with Crippen molar-refractivity contribution in [3.05, 3.63) is 53.1 Å². The van der Waals surface area contributed by atoms with E-state index in [2.05, 4.69) is 40.5 Å². The van der Waals surface area contributed by atoms with Crippen LogP contribution in [0.3, 0.4) is 0 Å². The highest BCUT2D eigenvalue weighted by Crippen LogP contribution is 2.50. The number of rotatable bonds is 6. The molecule has 1 N–H and O–H groups in total. The second-order valence-electron chi connectivity index (χ2n) is 10.6. The number of hydrogen-bond donors (Lipinski definition) is 1. The third kappa shape index (κ3) is 6.12. The molecule has 1 spiro atoms. The highest BCUT2D eigenvalue weighted by Gasteiger charge is 2.58. The van der Waals surface area contributed by atoms with Gasteiger partial charge in [-0.25, -0.2) is 9.78 Å². The summed E-state index contributed by atoms with van der Waals surface area (Å²) >= 11 is 6.44. The quantitative estimate of drug-likeness (QED) is 0.559. The second kappa shape index (κ2) is 10.6. The fraction of sp³-hybridized carbons (Fsp3) is 0.577. The summed E-state index contributed by atoms with van der Waals surface area (Å²) < 4.78 is 33.9. The van der Waals surface area contributed by atoms with Crippen LogP contribution in [0.4, 0.5) is 13.2 Å². The number of halogens is 4. The molecule has 7 nitrogen and oxygen atoms in total. The summed E-state index contributed by atoms with van der Waals surface area (Å²) in [5.74, 6) is -1.55. The maximum absolute atomic E-state index is 13.7. The van der Waals surface area contributed by atoms with E-state index in [9.17, 15) is 18.0 Å². The number of amides is 1. The minimum Gasteiger partial charge on any atom is -0.475 e. The van der Waals surface area contributed by atoms with Crippen molar-refractivity contribution in [3.63, 3.8) is 0 Å². The minimum atomic E-state index is -5.08. The molecule has 0 radical (unpaired) electrons. The Kier molecular flexibility index (Phi) is 7.90. The Labute approximate surface area is 219 Å². The Hall–Kier alpha value is -2.59. The lowest BCUT2D eigenvalue weighted by Gasteiger charge is -2.28. The molecule has 202 valence electrons. The standard InChI is InChI=1S/C24H31ClN4O.C2HF3O2/c1-17(2)29-14-22(26-16-29)20-13-27(12-19-5-3-4-6-21(19)25)15-24(20)9-10-28(23(24)30)11-18-7-8-18;3-2(4,5)1(6)7/h3-6,14,16-18,20H,7-13,15H2,1-2H3;(H,6,7). The molecule has 37 heavy (non-hydrogen) atoms. The summed E-state index contributed by atoms with van der Waals surface area (Å²) in [6.45, 7) is 8.57. The molecule has 2 saturated heterocycles. The molecule has 2 aliphatic heterocycles. The number of carbonyl (C=O) groups is 2. The molecule has 1 aromatic heterocycles. The molecule has 1 aliphatic carbocycles. The monoisotopic (exact) mass is 540 g/mol. The van der Waals surface area contributed by atoms with Crippen LogP contribution >= 0.6 is 11.6 Å². The molecule has 1 amide bonds. The van der Waals surface area contributed by atoms with Crippen LogP contribution in [-0.4, -0.2) is 68.7 Å². The van der Waals surface area contributed by atoms with E-state index in [0.29, 0.717) is 11.9 Å². The van der Waals surface area contributed by atoms with Crippen molar-refractivity contribution in [1.29, 1.82) is 0 Å². The SMILES string of the molecule is CC(C)n1cnc(C2CN(Cc3ccccc3Cl)CC23CCN(CC2CC2)C3=O)c1.O=C(O)C(F)(F)F. The first kappa shape index (κ1) is 27.4. The van der Waals surface area contributed by atoms with Gasteiger partial charge in [-0.15, -0.1) is 0 Å². The fourth-order valence-electron chi connectivity index (χ4n) is 5.30. The van der Waals surface area contributed by atoms with E-state index >= 15 is 0 Å². The van der Waals surface area contributed by atoms with E-state index in [4.69, 9.17) is 26.5 Å². The highest BCUT2D eigenvalue weighted by atomic mass is 35.5. The molecule has 3 aliphatic rings. The summed E-state index contributed by atoms with van der Waals surface area (Å²) in [6.07, 6.45) is 2.48. The molecule has 1 saturated carbocycles. The number of carbonyl (C=O) groups excluding carboxylic acids is 1. The van der Waals surface area contributed by atoms with Crippen molar-refractivity contribution < 1.29 is 27.9 Å². The summed E-state index contributed by atoms with van der Waals surface area (Å²) in [4.78, 5) is 31.9. The lowest BCUT2D eigenvalue weighted by atomic mass is 9.75. The molecule has 0 bridgehead atoms. The normalized spacial score (nSPS) is 24.1. The second-order valence-corrected chi connectivity index (χ2v) is 11.0. The predicted octanol–water partition coefficient (Wildman–Crippen LogP) is 4.98. The third-order valence-corrected chi connectivity index (χ3v) is 7.87. The van der Waals surface area contributed by atoms with Gasteiger partial charge in [0.2, 0.25) is 5.91 Å². The number of aromatic nitrogens is 2. The van der Waals surface area contributed by atoms with Gasteiger partial charge in [-0.05, 0) is 50.7 Å². The predicted molar refractivity (Wildman–Crippen MR) is 132 cm³/mol. The molecule has 11 heteroatoms. The van der Waals surface area contributed by atoms with E-state index in [0.717, 1.165) is 61.3 Å². The summed E-state index contributed by atoms with van der Waals surface area (Å²) in [6, 6.07) is 8.41. The fourth-order valence-corrected chi connectivity index (χ4v) is 5.50. The van der Waals surface area contributed by atoms with Gasteiger partial charge >= 0.3 is 12.1 Å². The molecule has 3 heterocycles. The van der Waals surface area contributed by atoms with Crippen molar-refractivity contribution in [2.45, 2.75) is 57.8 Å². The van der Waals surface area contributed by atoms with Gasteiger partial charge in [0.05, 0.1) is 17.4 Å². The Bertz CT molecular complexity index is 1130. The van der Waals surface area contributed by atoms with Crippen LogP contribution in [0.15, 0.2) is 36.8 Å². The van der Waals surface area contributed by atoms with Crippen molar-refractivity contribution in [2.75, 3.05) is 26.2 Å². The Morgan fingerprint density at radius 3 is 2.51 bits per heavy atom. The average Bonchev–Trinajstić information content (AvgIpc) is 3.24. The van der Waals surface area contributed by atoms with E-state index in [1.807, 2.05) is 24.5 Å². The molecule has 2 aromatic rings. The number of benzene rings is 1. The van der Waals surface area contributed by atoms with E-state index in [1.54, 1.807) is 0 Å². The number of likely N-dealkylation sites (tertiary alicyclic amines) is 2. The average molecular weight is 541 g/mol. The summed E-state index contributed by atoms with van der Waals surface area (Å²) in [7, 11) is 0. The molecule has 3 fully saturated rings. The van der Waals surface area contributed by atoms with Crippen LogP contribution in [0.5, 0.6) is 0 Å². The number of imidazole rings is 1. The van der Waals surface area contributed by atoms with E-state index in [1.165, 1.54) is 12.8 Å². The van der Waals surface area contributed by atoms with Gasteiger partial charge in [0.25, 0.3) is 0 Å². The first-order valence-corrected chi connectivity index (χ1v) is 12.9. The molecular weight excluding hydrogens is 509 g/mol. The lowest BCUT2D eigenvalue weighted by Crippen LogP contribution is -2.40. The van der Waals surface area contributed by atoms with Gasteiger partial charge in [-0.3, -0.25) is 9.69 Å². The number of hydrogen-bond acceptors (Lipinski definition) is 4. The topological polar surface area (TPSA) is 78.7 Å². The van der Waals surface area contributed by atoms with Crippen LogP contribution < -0.4 is 0 Å². The van der Waals surface area contributed by atoms with Crippen molar-refractivity contribution >= 4 is 23.5 Å². The Morgan fingerprint density at radius 1 is 1.27 bits per heavy atom. The number of aliphatic carboxylic acids is 1. The molecule has 5 rings (SSSR count). The zero-order valence-electron chi connectivity index (χ0n) is 20.9. The Morgan fingerprint density at radius 2 is 1.95 bits per heavy atom. The largest absolute Gasteiger partial charge is 0.490 e. The van der Waals surface area contributed by atoms with Crippen molar-refractivity contribution in [2.24, 2.45) is 11.3 Å². The first-order chi connectivity index (χ1) is 17.4. The van der Waals surface area contributed by atoms with Gasteiger partial charge in [0.15, 0.2) is 0 Å². The minimum absolute atomic E-state index is 0.136. The zero-order chi connectivity index (χ0) is 27.0. The zero-order valence-corrected chi connectivity index (χ0v) is 21.7. The highest BCUT2D eigenvalue weighted by molar-refractivity contribution is 6.31. The van der Waals surface area contributed by atoms with Crippen molar-refractivity contribution in [3.8, 4) is 0 Å². The Balaban J connectivity index is 0.000000405. The lowest BCUT2D eigenvalue weighted by molar-refractivity contribution is -0.192. The van der Waals surface area contributed by atoms with E-state index < -0.39 is 12.1 Å². The smallest absolute Gasteiger partial charge is 0.475 e. The molecule has 1 aromatic carbocycles. The summed E-state index contributed by atoms with van der Waals surface area (Å²) in [5.41, 5.74) is 1.83. The molecule has 2 unspecified atom stereocenters. The molecule has 2 atom stereocenters. The summed E-state index contributed by atoms with van der Waals surface area (Å²) in [5, 5.41) is 7.92. The number of carboxylic acid groups (broad SMARTS) is 1. The van der Waals surface area contributed by atoms with Gasteiger partial charge < -0.3 is 14.6 Å². The van der Waals surface area contributed by atoms with Crippen LogP contribution in [-0.2, 0) is 16.1 Å². The molecular formula is C26H32ClF3N4O3.